The molecule has 2 aliphatic rings. The molecular formula is C23H26Cl2N2O2Pd. The van der Waals surface area contributed by atoms with Crippen molar-refractivity contribution in [2.75, 3.05) is 0 Å². The number of aliphatic imine (C=N–C) groups is 2. The van der Waals surface area contributed by atoms with Crippen LogP contribution in [-0.2, 0) is 21.3 Å². The number of halogens is 2. The number of ether oxygens (including phenoxy) is 2. The van der Waals surface area contributed by atoms with Gasteiger partial charge in [0.25, 0.3) is 0 Å². The molecule has 0 fully saturated rings. The predicted octanol–water partition coefficient (Wildman–Crippen LogP) is 6.23. The monoisotopic (exact) mass is 538 g/mol. The normalized spacial score (nSPS) is 26.0. The van der Waals surface area contributed by atoms with E-state index in [1.165, 1.54) is 0 Å². The Morgan fingerprint density at radius 1 is 0.733 bits per heavy atom. The Kier molecular flexibility index (Phi) is 5.07. The van der Waals surface area contributed by atoms with Gasteiger partial charge in [-0.1, -0.05) is 0 Å². The van der Waals surface area contributed by atoms with E-state index in [4.69, 9.17) is 38.5 Å². The molecule has 7 heteroatoms. The molecule has 0 saturated heterocycles. The zero-order chi connectivity index (χ0) is 21.8. The van der Waals surface area contributed by atoms with Crippen LogP contribution < -0.4 is 0 Å². The summed E-state index contributed by atoms with van der Waals surface area (Å²) in [6, 6.07) is 19.4. The van der Waals surface area contributed by atoms with E-state index in [9.17, 15) is 0 Å². The maximum absolute atomic E-state index is 7.07. The van der Waals surface area contributed by atoms with Gasteiger partial charge in [-0.3, -0.25) is 0 Å². The molecule has 0 amide bonds. The van der Waals surface area contributed by atoms with E-state index in [0.29, 0.717) is 0 Å². The molecule has 0 aliphatic carbocycles. The topological polar surface area (TPSA) is 43.2 Å². The van der Waals surface area contributed by atoms with Gasteiger partial charge in [-0.15, -0.1) is 0 Å². The molecule has 4 rings (SSSR count). The summed E-state index contributed by atoms with van der Waals surface area (Å²) in [4.78, 5) is 13.9. The second-order valence-electron chi connectivity index (χ2n) is 8.50. The van der Waals surface area contributed by atoms with Gasteiger partial charge in [0, 0.05) is 0 Å². The number of rotatable bonds is 4. The zero-order valence-electron chi connectivity index (χ0n) is 17.4. The molecule has 2 aromatic rings. The molecule has 0 bridgehead atoms. The first kappa shape index (κ1) is 21.7. The molecule has 2 atom stereocenters. The Bertz CT molecular complexity index is 1010. The number of nitrogens with zero attached hydrogens (tertiary/aromatic N) is 2. The molecule has 164 valence electrons. The summed E-state index contributed by atoms with van der Waals surface area (Å²) in [6.07, 6.45) is 0. The third-order valence-corrected chi connectivity index (χ3v) is 11.0. The Hall–Kier alpha value is -1.51. The molecule has 0 radical (unpaired) electrons. The quantitative estimate of drug-likeness (QED) is 0.433. The molecule has 0 unspecified atom stereocenters. The first-order chi connectivity index (χ1) is 13.9. The van der Waals surface area contributed by atoms with Gasteiger partial charge in [-0.05, 0) is 0 Å². The van der Waals surface area contributed by atoms with Crippen molar-refractivity contribution in [3.8, 4) is 0 Å². The standard InChI is InChI=1S/2C11H12NO.CH2.2ClH.Pd/c2*1-11(2)10(12-8-13-11)9-6-4-3-5-7-9;;;;/h2*3-7,10H,1-2H3;1H2;2*1H;/q;;;;;+2/p-2/t2*10-;;;;/m11..../s1. The van der Waals surface area contributed by atoms with Crippen molar-refractivity contribution in [2.24, 2.45) is 9.98 Å². The van der Waals surface area contributed by atoms with E-state index in [2.05, 4.69) is 4.99 Å². The van der Waals surface area contributed by atoms with Crippen LogP contribution in [-0.4, -0.2) is 24.9 Å². The van der Waals surface area contributed by atoms with Crippen LogP contribution in [0.1, 0.15) is 50.9 Å². The summed E-state index contributed by atoms with van der Waals surface area (Å²) >= 11 is -4.54. The second-order valence-corrected chi connectivity index (χ2v) is 20.5. The summed E-state index contributed by atoms with van der Waals surface area (Å²) in [5.41, 5.74) is 0.811. The van der Waals surface area contributed by atoms with Crippen molar-refractivity contribution in [1.82, 2.24) is 0 Å². The SMILES string of the molecule is [CH2]=[Pd]([Cl])([Cl])([C]1=N[C@H](c2ccccc2)C(C)(C)O1)[C]1=N[C@H](c2ccccc2)C(C)(C)O1. The Morgan fingerprint density at radius 3 is 1.40 bits per heavy atom. The number of hydrogen-bond donors (Lipinski definition) is 0. The van der Waals surface area contributed by atoms with Crippen LogP contribution in [0.3, 0.4) is 0 Å². The van der Waals surface area contributed by atoms with Crippen LogP contribution in [0.25, 0.3) is 0 Å². The molecule has 0 aromatic heterocycles. The minimum absolute atomic E-state index is 0.245. The average molecular weight is 540 g/mol. The third-order valence-electron chi connectivity index (χ3n) is 5.21. The van der Waals surface area contributed by atoms with E-state index in [1.807, 2.05) is 88.4 Å². The Balaban J connectivity index is 1.76. The average Bonchev–Trinajstić information content (AvgIpc) is 3.19. The van der Waals surface area contributed by atoms with Gasteiger partial charge in [0.2, 0.25) is 0 Å². The summed E-state index contributed by atoms with van der Waals surface area (Å²) in [5, 5.41) is 0. The van der Waals surface area contributed by atoms with Crippen LogP contribution in [0.2, 0.25) is 0 Å². The van der Waals surface area contributed by atoms with Gasteiger partial charge < -0.3 is 0 Å². The second kappa shape index (κ2) is 7.00. The van der Waals surface area contributed by atoms with Gasteiger partial charge in [-0.25, -0.2) is 0 Å². The molecule has 0 N–H and O–H groups in total. The van der Waals surface area contributed by atoms with Gasteiger partial charge in [-0.2, -0.15) is 0 Å². The van der Waals surface area contributed by atoms with Crippen LogP contribution in [0.4, 0.5) is 0 Å². The minimum atomic E-state index is -4.54. The van der Waals surface area contributed by atoms with Gasteiger partial charge in [0.15, 0.2) is 0 Å². The van der Waals surface area contributed by atoms with Crippen molar-refractivity contribution in [3.05, 3.63) is 71.8 Å². The maximum atomic E-state index is 7.07. The van der Waals surface area contributed by atoms with Crippen LogP contribution in [0, 0.1) is 0 Å². The van der Waals surface area contributed by atoms with E-state index in [1.54, 1.807) is 0 Å². The van der Waals surface area contributed by atoms with E-state index >= 15 is 0 Å². The van der Waals surface area contributed by atoms with E-state index < -0.39 is 23.0 Å². The predicted molar refractivity (Wildman–Crippen MR) is 122 cm³/mol. The fourth-order valence-electron chi connectivity index (χ4n) is 3.63. The first-order valence-electron chi connectivity index (χ1n) is 9.54. The Labute approximate surface area is 186 Å². The fourth-order valence-corrected chi connectivity index (χ4v) is 7.85. The van der Waals surface area contributed by atoms with Crippen molar-refractivity contribution >= 4 is 32.8 Å². The third kappa shape index (κ3) is 3.67. The zero-order valence-corrected chi connectivity index (χ0v) is 20.5. The van der Waals surface area contributed by atoms with Gasteiger partial charge in [0.05, 0.1) is 0 Å². The van der Waals surface area contributed by atoms with Gasteiger partial charge in [0.1, 0.15) is 0 Å². The molecule has 2 heterocycles. The summed E-state index contributed by atoms with van der Waals surface area (Å²) < 4.78 is 13.0. The van der Waals surface area contributed by atoms with Crippen LogP contribution in [0.5, 0.6) is 0 Å². The van der Waals surface area contributed by atoms with Crippen LogP contribution >= 0.6 is 19.1 Å². The molecule has 4 nitrogen and oxygen atoms in total. The van der Waals surface area contributed by atoms with Gasteiger partial charge >= 0.3 is 187 Å². The Morgan fingerprint density at radius 2 is 1.07 bits per heavy atom. The van der Waals surface area contributed by atoms with E-state index in [0.717, 1.165) is 11.1 Å². The molecule has 30 heavy (non-hydrogen) atoms. The van der Waals surface area contributed by atoms with Crippen molar-refractivity contribution in [2.45, 2.75) is 51.0 Å². The fraction of sp³-hybridized carbons (Fsp3) is 0.348. The number of hydrogen-bond acceptors (Lipinski definition) is 4. The number of benzene rings is 2. The molecular weight excluding hydrogens is 514 g/mol. The summed E-state index contributed by atoms with van der Waals surface area (Å²) in [7, 11) is 14.1. The van der Waals surface area contributed by atoms with E-state index in [-0.39, 0.29) is 20.8 Å². The summed E-state index contributed by atoms with van der Waals surface area (Å²) in [6.45, 7) is 7.89. The first-order valence-corrected chi connectivity index (χ1v) is 16.2. The molecule has 2 aliphatic heterocycles. The van der Waals surface area contributed by atoms with Crippen molar-refractivity contribution in [1.29, 1.82) is 0 Å². The molecule has 0 saturated carbocycles. The molecule has 0 spiro atoms. The van der Waals surface area contributed by atoms with Crippen molar-refractivity contribution < 1.29 is 21.3 Å². The van der Waals surface area contributed by atoms with Crippen molar-refractivity contribution in [3.63, 3.8) is 0 Å². The molecule has 2 aromatic carbocycles. The van der Waals surface area contributed by atoms with Crippen LogP contribution in [0.15, 0.2) is 70.6 Å². The summed E-state index contributed by atoms with van der Waals surface area (Å²) in [5.74, 6) is 0.